The van der Waals surface area contributed by atoms with E-state index < -0.39 is 0 Å². The zero-order chi connectivity index (χ0) is 25.9. The van der Waals surface area contributed by atoms with E-state index in [1.165, 1.54) is 5.56 Å². The molecule has 2 fully saturated rings. The lowest BCUT2D eigenvalue weighted by atomic mass is 9.81. The summed E-state index contributed by atoms with van der Waals surface area (Å²) in [6, 6.07) is 9.18. The molecule has 37 heavy (non-hydrogen) atoms. The lowest BCUT2D eigenvalue weighted by molar-refractivity contribution is -0.132. The average molecular weight is 543 g/mol. The van der Waals surface area contributed by atoms with Crippen LogP contribution in [0.2, 0.25) is 10.0 Å². The van der Waals surface area contributed by atoms with Crippen molar-refractivity contribution < 1.29 is 9.59 Å². The SMILES string of the molecule is NC(=O)C(NC1CCC(c2c[nH]c3cccnc23)CC1)C1CCN(C(=O)Cc2ccc(Cl)c(Cl)c2)CC1. The second-order valence-electron chi connectivity index (χ2n) is 10.4. The molecule has 2 amide bonds. The van der Waals surface area contributed by atoms with Crippen molar-refractivity contribution in [3.05, 3.63) is 63.9 Å². The Kier molecular flexibility index (Phi) is 8.03. The molecular formula is C28H33Cl2N5O2. The highest BCUT2D eigenvalue weighted by Crippen LogP contribution is 2.36. The molecule has 1 aliphatic heterocycles. The van der Waals surface area contributed by atoms with Gasteiger partial charge in [-0.3, -0.25) is 14.6 Å². The number of benzene rings is 1. The number of likely N-dealkylation sites (tertiary alicyclic amines) is 1. The molecule has 3 aromatic rings. The lowest BCUT2D eigenvalue weighted by Crippen LogP contribution is -2.54. The van der Waals surface area contributed by atoms with E-state index in [1.807, 2.05) is 23.2 Å². The van der Waals surface area contributed by atoms with Crippen LogP contribution < -0.4 is 11.1 Å². The van der Waals surface area contributed by atoms with E-state index in [-0.39, 0.29) is 36.2 Å². The highest BCUT2D eigenvalue weighted by Gasteiger charge is 2.34. The summed E-state index contributed by atoms with van der Waals surface area (Å²) in [5.74, 6) is 0.356. The van der Waals surface area contributed by atoms with Crippen molar-refractivity contribution in [1.82, 2.24) is 20.2 Å². The van der Waals surface area contributed by atoms with Crippen LogP contribution in [0.5, 0.6) is 0 Å². The number of H-pyrrole nitrogens is 1. The molecule has 1 saturated carbocycles. The predicted molar refractivity (Wildman–Crippen MR) is 147 cm³/mol. The van der Waals surface area contributed by atoms with E-state index in [2.05, 4.69) is 27.5 Å². The van der Waals surface area contributed by atoms with Gasteiger partial charge in [0.2, 0.25) is 11.8 Å². The maximum atomic E-state index is 12.8. The number of nitrogens with zero attached hydrogens (tertiary/aromatic N) is 2. The van der Waals surface area contributed by atoms with Crippen molar-refractivity contribution in [2.75, 3.05) is 13.1 Å². The van der Waals surface area contributed by atoms with Crippen LogP contribution in [0.1, 0.15) is 55.6 Å². The van der Waals surface area contributed by atoms with Crippen LogP contribution in [-0.2, 0) is 16.0 Å². The first-order valence-corrected chi connectivity index (χ1v) is 13.8. The summed E-state index contributed by atoms with van der Waals surface area (Å²) in [4.78, 5) is 35.0. The van der Waals surface area contributed by atoms with Crippen molar-refractivity contribution in [3.8, 4) is 0 Å². The van der Waals surface area contributed by atoms with Gasteiger partial charge in [-0.25, -0.2) is 0 Å². The van der Waals surface area contributed by atoms with E-state index in [0.29, 0.717) is 29.1 Å². The number of nitrogens with two attached hydrogens (primary N) is 1. The number of primary amides is 1. The topological polar surface area (TPSA) is 104 Å². The Morgan fingerprint density at radius 2 is 1.84 bits per heavy atom. The normalized spacial score (nSPS) is 21.7. The first-order chi connectivity index (χ1) is 17.9. The summed E-state index contributed by atoms with van der Waals surface area (Å²) >= 11 is 12.1. The molecule has 2 aromatic heterocycles. The molecule has 9 heteroatoms. The highest BCUT2D eigenvalue weighted by atomic mass is 35.5. The van der Waals surface area contributed by atoms with Gasteiger partial charge >= 0.3 is 0 Å². The summed E-state index contributed by atoms with van der Waals surface area (Å²) in [5.41, 5.74) is 10.1. The van der Waals surface area contributed by atoms with Crippen LogP contribution in [0, 0.1) is 5.92 Å². The first-order valence-electron chi connectivity index (χ1n) is 13.1. The number of carbonyl (C=O) groups is 2. The Balaban J connectivity index is 1.12. The van der Waals surface area contributed by atoms with Crippen molar-refractivity contribution in [2.24, 2.45) is 11.7 Å². The molecule has 5 rings (SSSR count). The Labute approximate surface area is 227 Å². The predicted octanol–water partition coefficient (Wildman–Crippen LogP) is 4.82. The maximum absolute atomic E-state index is 12.8. The fourth-order valence-corrected chi connectivity index (χ4v) is 6.30. The molecular weight excluding hydrogens is 509 g/mol. The number of amides is 2. The number of pyridine rings is 1. The zero-order valence-corrected chi connectivity index (χ0v) is 22.3. The number of carbonyl (C=O) groups excluding carboxylic acids is 2. The van der Waals surface area contributed by atoms with Gasteiger partial charge < -0.3 is 20.9 Å². The molecule has 0 radical (unpaired) electrons. The minimum Gasteiger partial charge on any atom is -0.368 e. The molecule has 1 aliphatic carbocycles. The number of halogens is 2. The van der Waals surface area contributed by atoms with E-state index in [0.717, 1.165) is 55.1 Å². The fourth-order valence-electron chi connectivity index (χ4n) is 5.98. The van der Waals surface area contributed by atoms with Crippen LogP contribution in [-0.4, -0.2) is 51.9 Å². The van der Waals surface area contributed by atoms with Crippen molar-refractivity contribution in [2.45, 2.75) is 62.9 Å². The van der Waals surface area contributed by atoms with E-state index >= 15 is 0 Å². The third-order valence-electron chi connectivity index (χ3n) is 8.06. The second-order valence-corrected chi connectivity index (χ2v) is 11.2. The number of aromatic amines is 1. The van der Waals surface area contributed by atoms with Crippen LogP contribution in [0.4, 0.5) is 0 Å². The van der Waals surface area contributed by atoms with Crippen LogP contribution in [0.3, 0.4) is 0 Å². The van der Waals surface area contributed by atoms with Crippen molar-refractivity contribution in [3.63, 3.8) is 0 Å². The molecule has 1 unspecified atom stereocenters. The maximum Gasteiger partial charge on any atom is 0.234 e. The van der Waals surface area contributed by atoms with Gasteiger partial charge in [0.15, 0.2) is 0 Å². The van der Waals surface area contributed by atoms with Crippen molar-refractivity contribution in [1.29, 1.82) is 0 Å². The Bertz CT molecular complexity index is 1260. The summed E-state index contributed by atoms with van der Waals surface area (Å²) in [7, 11) is 0. The molecule has 7 nitrogen and oxygen atoms in total. The molecule has 1 saturated heterocycles. The van der Waals surface area contributed by atoms with Crippen LogP contribution in [0.25, 0.3) is 11.0 Å². The molecule has 196 valence electrons. The van der Waals surface area contributed by atoms with E-state index in [1.54, 1.807) is 12.1 Å². The molecule has 1 atom stereocenters. The van der Waals surface area contributed by atoms with Gasteiger partial charge in [-0.1, -0.05) is 29.3 Å². The van der Waals surface area contributed by atoms with Gasteiger partial charge in [0, 0.05) is 31.5 Å². The lowest BCUT2D eigenvalue weighted by Gasteiger charge is -2.38. The van der Waals surface area contributed by atoms with Gasteiger partial charge in [-0.15, -0.1) is 0 Å². The van der Waals surface area contributed by atoms with Gasteiger partial charge in [0.25, 0.3) is 0 Å². The third kappa shape index (κ3) is 5.95. The largest absolute Gasteiger partial charge is 0.368 e. The third-order valence-corrected chi connectivity index (χ3v) is 8.80. The van der Waals surface area contributed by atoms with Gasteiger partial charge in [-0.2, -0.15) is 0 Å². The second kappa shape index (κ2) is 11.4. The number of aromatic nitrogens is 2. The molecule has 3 heterocycles. The van der Waals surface area contributed by atoms with Crippen LogP contribution >= 0.6 is 23.2 Å². The highest BCUT2D eigenvalue weighted by molar-refractivity contribution is 6.42. The number of nitrogens with one attached hydrogen (secondary N) is 2. The number of fused-ring (bicyclic) bond motifs is 1. The smallest absolute Gasteiger partial charge is 0.234 e. The Morgan fingerprint density at radius 3 is 2.54 bits per heavy atom. The minimum absolute atomic E-state index is 0.0607. The summed E-state index contributed by atoms with van der Waals surface area (Å²) < 4.78 is 0. The number of rotatable bonds is 7. The average Bonchev–Trinajstić information content (AvgIpc) is 3.34. The Hall–Kier alpha value is -2.61. The quantitative estimate of drug-likeness (QED) is 0.398. The first kappa shape index (κ1) is 26.0. The number of hydrogen-bond acceptors (Lipinski definition) is 4. The van der Waals surface area contributed by atoms with Crippen LogP contribution in [0.15, 0.2) is 42.7 Å². The summed E-state index contributed by atoms with van der Waals surface area (Å²) in [6.07, 6.45) is 9.82. The van der Waals surface area contributed by atoms with Crippen molar-refractivity contribution >= 4 is 46.0 Å². The van der Waals surface area contributed by atoms with E-state index in [4.69, 9.17) is 28.9 Å². The molecule has 0 spiro atoms. The molecule has 1 aromatic carbocycles. The zero-order valence-electron chi connectivity index (χ0n) is 20.8. The van der Waals surface area contributed by atoms with Gasteiger partial charge in [0.05, 0.1) is 33.5 Å². The standard InChI is InChI=1S/C28H33Cl2N5O2/c29-22-8-3-17(14-23(22)30)15-25(36)35-12-9-19(10-13-35)26(28(31)37)34-20-6-4-18(5-7-20)21-16-33-24-2-1-11-32-27(21)24/h1-3,8,11,14,16,18-20,26,33-34H,4-7,9-10,12-13,15H2,(H2,31,37). The van der Waals surface area contributed by atoms with Gasteiger partial charge in [0.1, 0.15) is 0 Å². The minimum atomic E-state index is -0.372. The summed E-state index contributed by atoms with van der Waals surface area (Å²) in [6.45, 7) is 1.24. The number of hydrogen-bond donors (Lipinski definition) is 3. The molecule has 0 bridgehead atoms. The number of piperidine rings is 1. The monoisotopic (exact) mass is 541 g/mol. The fraction of sp³-hybridized carbons (Fsp3) is 0.464. The molecule has 2 aliphatic rings. The summed E-state index contributed by atoms with van der Waals surface area (Å²) in [5, 5.41) is 4.53. The van der Waals surface area contributed by atoms with E-state index in [9.17, 15) is 9.59 Å². The van der Waals surface area contributed by atoms with Gasteiger partial charge in [-0.05, 0) is 85.8 Å². The molecule has 4 N–H and O–H groups in total. The Morgan fingerprint density at radius 1 is 1.08 bits per heavy atom.